The summed E-state index contributed by atoms with van der Waals surface area (Å²) in [7, 11) is 0. The largest absolute Gasteiger partial charge is 0.378 e. The molecule has 23 heavy (non-hydrogen) atoms. The SMILES string of the molecule is CC(NC(=O)c1cc(N2CCOCC2)ncn1)c1ccccc1. The molecule has 1 saturated heterocycles. The highest BCUT2D eigenvalue weighted by Gasteiger charge is 2.17. The number of hydrogen-bond acceptors (Lipinski definition) is 5. The average molecular weight is 312 g/mol. The maximum atomic E-state index is 12.4. The summed E-state index contributed by atoms with van der Waals surface area (Å²) in [6.45, 7) is 4.86. The Hall–Kier alpha value is -2.47. The number of nitrogens with zero attached hydrogens (tertiary/aromatic N) is 3. The maximum absolute atomic E-state index is 12.4. The predicted octanol–water partition coefficient (Wildman–Crippen LogP) is 1.80. The lowest BCUT2D eigenvalue weighted by Crippen LogP contribution is -2.37. The molecule has 1 aliphatic rings. The molecule has 1 aromatic carbocycles. The van der Waals surface area contributed by atoms with Crippen molar-refractivity contribution in [3.8, 4) is 0 Å². The minimum absolute atomic E-state index is 0.0782. The number of aromatic nitrogens is 2. The fourth-order valence-corrected chi connectivity index (χ4v) is 2.53. The van der Waals surface area contributed by atoms with E-state index in [9.17, 15) is 4.79 Å². The standard InChI is InChI=1S/C17H20N4O2/c1-13(14-5-3-2-4-6-14)20-17(22)15-11-16(19-12-18-15)21-7-9-23-10-8-21/h2-6,11-13H,7-10H2,1H3,(H,20,22). The van der Waals surface area contributed by atoms with Gasteiger partial charge in [0.05, 0.1) is 19.3 Å². The molecule has 6 heteroatoms. The normalized spacial score (nSPS) is 16.0. The van der Waals surface area contributed by atoms with E-state index >= 15 is 0 Å². The lowest BCUT2D eigenvalue weighted by Gasteiger charge is -2.27. The zero-order chi connectivity index (χ0) is 16.1. The van der Waals surface area contributed by atoms with Crippen LogP contribution in [0.4, 0.5) is 5.82 Å². The minimum atomic E-state index is -0.196. The van der Waals surface area contributed by atoms with Crippen molar-refractivity contribution < 1.29 is 9.53 Å². The Balaban J connectivity index is 1.69. The summed E-state index contributed by atoms with van der Waals surface area (Å²) in [5, 5.41) is 2.97. The number of ether oxygens (including phenoxy) is 1. The van der Waals surface area contributed by atoms with Crippen molar-refractivity contribution in [3.63, 3.8) is 0 Å². The van der Waals surface area contributed by atoms with E-state index in [1.54, 1.807) is 6.07 Å². The Morgan fingerprint density at radius 1 is 1.22 bits per heavy atom. The van der Waals surface area contributed by atoms with E-state index in [2.05, 4.69) is 20.2 Å². The van der Waals surface area contributed by atoms with Gasteiger partial charge in [-0.1, -0.05) is 30.3 Å². The fraction of sp³-hybridized carbons (Fsp3) is 0.353. The van der Waals surface area contributed by atoms with E-state index in [0.29, 0.717) is 18.9 Å². The van der Waals surface area contributed by atoms with Crippen molar-refractivity contribution in [2.75, 3.05) is 31.2 Å². The van der Waals surface area contributed by atoms with Crippen molar-refractivity contribution in [1.82, 2.24) is 15.3 Å². The number of anilines is 1. The van der Waals surface area contributed by atoms with E-state index in [1.165, 1.54) is 6.33 Å². The molecule has 3 rings (SSSR count). The van der Waals surface area contributed by atoms with Crippen molar-refractivity contribution in [1.29, 1.82) is 0 Å². The molecule has 2 heterocycles. The van der Waals surface area contributed by atoms with Crippen LogP contribution in [-0.2, 0) is 4.74 Å². The molecule has 120 valence electrons. The average Bonchev–Trinajstić information content (AvgIpc) is 2.63. The monoisotopic (exact) mass is 312 g/mol. The van der Waals surface area contributed by atoms with Gasteiger partial charge in [-0.2, -0.15) is 0 Å². The number of benzene rings is 1. The summed E-state index contributed by atoms with van der Waals surface area (Å²) < 4.78 is 5.34. The van der Waals surface area contributed by atoms with E-state index in [4.69, 9.17) is 4.74 Å². The van der Waals surface area contributed by atoms with Gasteiger partial charge in [-0.25, -0.2) is 9.97 Å². The Kier molecular flexibility index (Phi) is 4.83. The quantitative estimate of drug-likeness (QED) is 0.932. The molecule has 6 nitrogen and oxygen atoms in total. The van der Waals surface area contributed by atoms with Crippen LogP contribution in [0.25, 0.3) is 0 Å². The number of carbonyl (C=O) groups excluding carboxylic acids is 1. The minimum Gasteiger partial charge on any atom is -0.378 e. The molecule has 1 atom stereocenters. The van der Waals surface area contributed by atoms with Crippen LogP contribution < -0.4 is 10.2 Å². The van der Waals surface area contributed by atoms with E-state index in [0.717, 1.165) is 24.5 Å². The van der Waals surface area contributed by atoms with Gasteiger partial charge < -0.3 is 15.0 Å². The molecule has 1 fully saturated rings. The summed E-state index contributed by atoms with van der Waals surface area (Å²) >= 11 is 0. The van der Waals surface area contributed by atoms with Crippen LogP contribution in [0.2, 0.25) is 0 Å². The van der Waals surface area contributed by atoms with Crippen LogP contribution in [0.1, 0.15) is 29.0 Å². The fourth-order valence-electron chi connectivity index (χ4n) is 2.53. The molecule has 2 aromatic rings. The van der Waals surface area contributed by atoms with E-state index < -0.39 is 0 Å². The summed E-state index contributed by atoms with van der Waals surface area (Å²) in [6, 6.07) is 11.5. The summed E-state index contributed by atoms with van der Waals surface area (Å²) in [6.07, 6.45) is 1.44. The first-order valence-corrected chi connectivity index (χ1v) is 7.74. The van der Waals surface area contributed by atoms with Gasteiger partial charge in [0.1, 0.15) is 17.8 Å². The highest BCUT2D eigenvalue weighted by atomic mass is 16.5. The van der Waals surface area contributed by atoms with Gasteiger partial charge in [0.25, 0.3) is 5.91 Å². The van der Waals surface area contributed by atoms with E-state index in [-0.39, 0.29) is 11.9 Å². The molecule has 1 unspecified atom stereocenters. The molecule has 0 spiro atoms. The molecular formula is C17H20N4O2. The highest BCUT2D eigenvalue weighted by molar-refractivity contribution is 5.93. The van der Waals surface area contributed by atoms with Gasteiger partial charge >= 0.3 is 0 Å². The van der Waals surface area contributed by atoms with Gasteiger partial charge in [-0.3, -0.25) is 4.79 Å². The zero-order valence-electron chi connectivity index (χ0n) is 13.1. The first-order valence-electron chi connectivity index (χ1n) is 7.74. The molecule has 1 N–H and O–H groups in total. The first-order chi connectivity index (χ1) is 11.2. The third kappa shape index (κ3) is 3.84. The zero-order valence-corrected chi connectivity index (χ0v) is 13.1. The van der Waals surface area contributed by atoms with Crippen molar-refractivity contribution >= 4 is 11.7 Å². The number of amides is 1. The summed E-state index contributed by atoms with van der Waals surface area (Å²) in [5.41, 5.74) is 1.44. The van der Waals surface area contributed by atoms with Crippen LogP contribution >= 0.6 is 0 Å². The second-order valence-electron chi connectivity index (χ2n) is 5.47. The van der Waals surface area contributed by atoms with Crippen molar-refractivity contribution in [2.24, 2.45) is 0 Å². The number of carbonyl (C=O) groups is 1. The predicted molar refractivity (Wildman–Crippen MR) is 87.4 cm³/mol. The molecule has 1 amide bonds. The number of nitrogens with one attached hydrogen (secondary N) is 1. The lowest BCUT2D eigenvalue weighted by molar-refractivity contribution is 0.0934. The maximum Gasteiger partial charge on any atom is 0.270 e. The van der Waals surface area contributed by atoms with Crippen molar-refractivity contribution in [2.45, 2.75) is 13.0 Å². The Bertz CT molecular complexity index is 657. The van der Waals surface area contributed by atoms with Gasteiger partial charge in [-0.05, 0) is 12.5 Å². The van der Waals surface area contributed by atoms with Gasteiger partial charge in [0.2, 0.25) is 0 Å². The van der Waals surface area contributed by atoms with Crippen LogP contribution in [0.5, 0.6) is 0 Å². The summed E-state index contributed by atoms with van der Waals surface area (Å²) in [5.74, 6) is 0.569. The third-order valence-electron chi connectivity index (χ3n) is 3.87. The number of morpholine rings is 1. The molecule has 1 aromatic heterocycles. The summed E-state index contributed by atoms with van der Waals surface area (Å²) in [4.78, 5) is 22.9. The molecule has 0 bridgehead atoms. The smallest absolute Gasteiger partial charge is 0.270 e. The van der Waals surface area contributed by atoms with Gasteiger partial charge in [-0.15, -0.1) is 0 Å². The van der Waals surface area contributed by atoms with E-state index in [1.807, 2.05) is 37.3 Å². The van der Waals surface area contributed by atoms with Crippen LogP contribution in [0, 0.1) is 0 Å². The molecule has 1 aliphatic heterocycles. The first kappa shape index (κ1) is 15.4. The highest BCUT2D eigenvalue weighted by Crippen LogP contribution is 2.15. The second-order valence-corrected chi connectivity index (χ2v) is 5.47. The molecule has 0 saturated carbocycles. The number of rotatable bonds is 4. The van der Waals surface area contributed by atoms with Gasteiger partial charge in [0.15, 0.2) is 0 Å². The van der Waals surface area contributed by atoms with Crippen LogP contribution in [-0.4, -0.2) is 42.2 Å². The number of hydrogen-bond donors (Lipinski definition) is 1. The van der Waals surface area contributed by atoms with Crippen LogP contribution in [0.3, 0.4) is 0 Å². The molecule has 0 radical (unpaired) electrons. The Labute approximate surface area is 135 Å². The van der Waals surface area contributed by atoms with Crippen molar-refractivity contribution in [3.05, 3.63) is 54.0 Å². The third-order valence-corrected chi connectivity index (χ3v) is 3.87. The Morgan fingerprint density at radius 2 is 1.96 bits per heavy atom. The molecule has 0 aliphatic carbocycles. The lowest BCUT2D eigenvalue weighted by atomic mass is 10.1. The van der Waals surface area contributed by atoms with Crippen LogP contribution in [0.15, 0.2) is 42.7 Å². The second kappa shape index (κ2) is 7.19. The molecular weight excluding hydrogens is 292 g/mol. The van der Waals surface area contributed by atoms with Gasteiger partial charge in [0, 0.05) is 19.2 Å². The Morgan fingerprint density at radius 3 is 2.70 bits per heavy atom. The topological polar surface area (TPSA) is 67.4 Å².